The molecule has 0 aliphatic carbocycles. The van der Waals surface area contributed by atoms with Crippen LogP contribution in [0.4, 0.5) is 0 Å². The van der Waals surface area contributed by atoms with Gasteiger partial charge in [0.2, 0.25) is 0 Å². The molecule has 2 unspecified atom stereocenters. The standard InChI is InChI=1S/C13H23NO2/c1-6-11(10(4)5)13(8-14,12(15)16)7-9(2)3/h9-11H,6-7H2,1-5H3,(H,15,16). The van der Waals surface area contributed by atoms with Crippen molar-refractivity contribution in [1.29, 1.82) is 5.26 Å². The summed E-state index contributed by atoms with van der Waals surface area (Å²) in [5.41, 5.74) is -1.23. The summed E-state index contributed by atoms with van der Waals surface area (Å²) in [4.78, 5) is 11.5. The first-order valence-corrected chi connectivity index (χ1v) is 5.96. The van der Waals surface area contributed by atoms with Gasteiger partial charge >= 0.3 is 5.97 Å². The fourth-order valence-electron chi connectivity index (χ4n) is 2.61. The molecule has 0 bridgehead atoms. The Kier molecular flexibility index (Phi) is 5.50. The van der Waals surface area contributed by atoms with Crippen LogP contribution in [0, 0.1) is 34.5 Å². The van der Waals surface area contributed by atoms with E-state index in [1.807, 2.05) is 34.6 Å². The van der Waals surface area contributed by atoms with E-state index in [1.54, 1.807) is 0 Å². The fourth-order valence-corrected chi connectivity index (χ4v) is 2.61. The first kappa shape index (κ1) is 15.0. The average Bonchev–Trinajstić information content (AvgIpc) is 2.15. The van der Waals surface area contributed by atoms with Crippen LogP contribution in [0.2, 0.25) is 0 Å². The van der Waals surface area contributed by atoms with Crippen molar-refractivity contribution in [3.8, 4) is 6.07 Å². The largest absolute Gasteiger partial charge is 0.480 e. The predicted octanol–water partition coefficient (Wildman–Crippen LogP) is 3.31. The Labute approximate surface area is 98.5 Å². The van der Waals surface area contributed by atoms with E-state index in [0.717, 1.165) is 6.42 Å². The first-order valence-electron chi connectivity index (χ1n) is 5.96. The highest BCUT2D eigenvalue weighted by Crippen LogP contribution is 2.40. The maximum absolute atomic E-state index is 11.5. The third-order valence-electron chi connectivity index (χ3n) is 3.19. The van der Waals surface area contributed by atoms with Crippen LogP contribution in [0.1, 0.15) is 47.5 Å². The highest BCUT2D eigenvalue weighted by Gasteiger charge is 2.47. The lowest BCUT2D eigenvalue weighted by molar-refractivity contribution is -0.150. The zero-order chi connectivity index (χ0) is 12.9. The van der Waals surface area contributed by atoms with Gasteiger partial charge in [-0.25, -0.2) is 0 Å². The Morgan fingerprint density at radius 2 is 1.88 bits per heavy atom. The molecule has 3 nitrogen and oxygen atoms in total. The van der Waals surface area contributed by atoms with Gasteiger partial charge in [0.15, 0.2) is 5.41 Å². The molecule has 0 aromatic carbocycles. The zero-order valence-corrected chi connectivity index (χ0v) is 10.9. The molecule has 0 spiro atoms. The van der Waals surface area contributed by atoms with E-state index in [-0.39, 0.29) is 17.8 Å². The molecule has 0 aliphatic rings. The van der Waals surface area contributed by atoms with E-state index >= 15 is 0 Å². The third-order valence-corrected chi connectivity index (χ3v) is 3.19. The number of carboxylic acid groups (broad SMARTS) is 1. The van der Waals surface area contributed by atoms with Crippen molar-refractivity contribution in [3.05, 3.63) is 0 Å². The fraction of sp³-hybridized carbons (Fsp3) is 0.846. The predicted molar refractivity (Wildman–Crippen MR) is 63.8 cm³/mol. The molecule has 0 rings (SSSR count). The summed E-state index contributed by atoms with van der Waals surface area (Å²) in [5.74, 6) is -0.635. The lowest BCUT2D eigenvalue weighted by atomic mass is 9.66. The summed E-state index contributed by atoms with van der Waals surface area (Å²) >= 11 is 0. The lowest BCUT2D eigenvalue weighted by Crippen LogP contribution is -2.41. The van der Waals surface area contributed by atoms with Gasteiger partial charge in [0.1, 0.15) is 0 Å². The highest BCUT2D eigenvalue weighted by molar-refractivity contribution is 5.78. The summed E-state index contributed by atoms with van der Waals surface area (Å²) in [6.45, 7) is 9.86. The molecule has 92 valence electrons. The molecule has 0 amide bonds. The van der Waals surface area contributed by atoms with Crippen LogP contribution < -0.4 is 0 Å². The molecule has 0 aromatic heterocycles. The van der Waals surface area contributed by atoms with E-state index in [0.29, 0.717) is 6.42 Å². The molecular formula is C13H23NO2. The van der Waals surface area contributed by atoms with Crippen molar-refractivity contribution >= 4 is 5.97 Å². The number of nitriles is 1. The van der Waals surface area contributed by atoms with Gasteiger partial charge in [0, 0.05) is 0 Å². The lowest BCUT2D eigenvalue weighted by Gasteiger charge is -2.34. The molecule has 3 heteroatoms. The number of hydrogen-bond donors (Lipinski definition) is 1. The number of carbonyl (C=O) groups is 1. The molecule has 2 atom stereocenters. The zero-order valence-electron chi connectivity index (χ0n) is 10.9. The van der Waals surface area contributed by atoms with Gasteiger partial charge in [-0.3, -0.25) is 4.79 Å². The van der Waals surface area contributed by atoms with Crippen LogP contribution in [0.15, 0.2) is 0 Å². The van der Waals surface area contributed by atoms with Gasteiger partial charge in [-0.1, -0.05) is 41.0 Å². The van der Waals surface area contributed by atoms with Gasteiger partial charge < -0.3 is 5.11 Å². The number of aliphatic carboxylic acids is 1. The normalized spacial score (nSPS) is 16.9. The summed E-state index contributed by atoms with van der Waals surface area (Å²) < 4.78 is 0. The SMILES string of the molecule is CCC(C(C)C)C(C#N)(CC(C)C)C(=O)O. The van der Waals surface area contributed by atoms with Gasteiger partial charge in [-0.2, -0.15) is 5.26 Å². The summed E-state index contributed by atoms with van der Waals surface area (Å²) in [5, 5.41) is 18.7. The number of rotatable bonds is 6. The van der Waals surface area contributed by atoms with E-state index in [4.69, 9.17) is 0 Å². The van der Waals surface area contributed by atoms with Crippen molar-refractivity contribution in [2.45, 2.75) is 47.5 Å². The quantitative estimate of drug-likeness (QED) is 0.754. The Morgan fingerprint density at radius 3 is 2.06 bits per heavy atom. The Balaban J connectivity index is 5.35. The summed E-state index contributed by atoms with van der Waals surface area (Å²) in [6.07, 6.45) is 1.15. The van der Waals surface area contributed by atoms with Crippen molar-refractivity contribution in [2.24, 2.45) is 23.2 Å². The van der Waals surface area contributed by atoms with Crippen LogP contribution in [-0.4, -0.2) is 11.1 Å². The number of hydrogen-bond acceptors (Lipinski definition) is 2. The van der Waals surface area contributed by atoms with E-state index in [2.05, 4.69) is 6.07 Å². The van der Waals surface area contributed by atoms with E-state index < -0.39 is 11.4 Å². The van der Waals surface area contributed by atoms with Crippen LogP contribution in [-0.2, 0) is 4.79 Å². The molecule has 0 fully saturated rings. The first-order chi connectivity index (χ1) is 7.31. The van der Waals surface area contributed by atoms with Gasteiger partial charge in [-0.05, 0) is 24.2 Å². The Morgan fingerprint density at radius 1 is 1.38 bits per heavy atom. The Bertz CT molecular complexity index is 278. The molecule has 0 radical (unpaired) electrons. The van der Waals surface area contributed by atoms with Crippen LogP contribution >= 0.6 is 0 Å². The molecule has 0 aromatic rings. The molecule has 0 aliphatic heterocycles. The topological polar surface area (TPSA) is 61.1 Å². The minimum absolute atomic E-state index is 0.0857. The second-order valence-electron chi connectivity index (χ2n) is 5.25. The molecule has 16 heavy (non-hydrogen) atoms. The average molecular weight is 225 g/mol. The molecule has 0 saturated carbocycles. The van der Waals surface area contributed by atoms with Gasteiger partial charge in [-0.15, -0.1) is 0 Å². The monoisotopic (exact) mass is 225 g/mol. The summed E-state index contributed by atoms with van der Waals surface area (Å²) in [6, 6.07) is 2.08. The highest BCUT2D eigenvalue weighted by atomic mass is 16.4. The van der Waals surface area contributed by atoms with E-state index in [9.17, 15) is 15.2 Å². The minimum Gasteiger partial charge on any atom is -0.480 e. The molecular weight excluding hydrogens is 202 g/mol. The van der Waals surface area contributed by atoms with Gasteiger partial charge in [0.25, 0.3) is 0 Å². The third kappa shape index (κ3) is 2.98. The number of nitrogens with zero attached hydrogens (tertiary/aromatic N) is 1. The number of carboxylic acids is 1. The van der Waals surface area contributed by atoms with Crippen LogP contribution in [0.3, 0.4) is 0 Å². The second-order valence-corrected chi connectivity index (χ2v) is 5.25. The molecule has 0 saturated heterocycles. The van der Waals surface area contributed by atoms with Crippen molar-refractivity contribution in [3.63, 3.8) is 0 Å². The van der Waals surface area contributed by atoms with Crippen LogP contribution in [0.5, 0.6) is 0 Å². The van der Waals surface area contributed by atoms with E-state index in [1.165, 1.54) is 0 Å². The van der Waals surface area contributed by atoms with Gasteiger partial charge in [0.05, 0.1) is 6.07 Å². The smallest absolute Gasteiger partial charge is 0.324 e. The molecule has 1 N–H and O–H groups in total. The maximum Gasteiger partial charge on any atom is 0.324 e. The molecule has 0 heterocycles. The Hall–Kier alpha value is -1.04. The van der Waals surface area contributed by atoms with Crippen molar-refractivity contribution < 1.29 is 9.90 Å². The second kappa shape index (κ2) is 5.89. The summed E-state index contributed by atoms with van der Waals surface area (Å²) in [7, 11) is 0. The van der Waals surface area contributed by atoms with Crippen LogP contribution in [0.25, 0.3) is 0 Å². The van der Waals surface area contributed by atoms with Crippen molar-refractivity contribution in [1.82, 2.24) is 0 Å². The maximum atomic E-state index is 11.5. The van der Waals surface area contributed by atoms with Crippen molar-refractivity contribution in [2.75, 3.05) is 0 Å². The minimum atomic E-state index is -1.23.